The normalized spacial score (nSPS) is 9.94. The molecule has 0 N–H and O–H groups in total. The fraction of sp³-hybridized carbons (Fsp3) is 0. The number of benzene rings is 2. The van der Waals surface area contributed by atoms with Crippen molar-refractivity contribution in [3.63, 3.8) is 0 Å². The summed E-state index contributed by atoms with van der Waals surface area (Å²) in [7, 11) is -1.59. The molecule has 2 aromatic carbocycles. The van der Waals surface area contributed by atoms with E-state index in [1.807, 2.05) is 36.4 Å². The summed E-state index contributed by atoms with van der Waals surface area (Å²) in [6.07, 6.45) is 0. The van der Waals surface area contributed by atoms with Gasteiger partial charge in [-0.05, 0) is 24.3 Å². The Morgan fingerprint density at radius 3 is 1.53 bits per heavy atom. The summed E-state index contributed by atoms with van der Waals surface area (Å²) in [5.41, 5.74) is 0. The minimum absolute atomic E-state index is 0.627. The van der Waals surface area contributed by atoms with Crippen molar-refractivity contribution in [2.75, 3.05) is 0 Å². The lowest BCUT2D eigenvalue weighted by molar-refractivity contribution is 0.493. The molecule has 0 unspecified atom stereocenters. The molecule has 86 valence electrons. The maximum absolute atomic E-state index is 10.9. The molecule has 2 rings (SSSR count). The Hall–Kier alpha value is -1.86. The van der Waals surface area contributed by atoms with E-state index < -0.39 is 8.38 Å². The summed E-state index contributed by atoms with van der Waals surface area (Å²) in [6, 6.07) is 19.0. The molecule has 0 heterocycles. The van der Waals surface area contributed by atoms with Crippen LogP contribution in [0.3, 0.4) is 0 Å². The van der Waals surface area contributed by atoms with E-state index in [9.17, 15) is 4.79 Å². The lowest BCUT2D eigenvalue weighted by Gasteiger charge is -2.12. The fourth-order valence-electron chi connectivity index (χ4n) is 1.23. The predicted molar refractivity (Wildman–Crippen MR) is 67.8 cm³/mol. The number of hydrogen-bond acceptors (Lipinski definition) is 3. The van der Waals surface area contributed by atoms with Crippen LogP contribution in [0.5, 0.6) is 11.5 Å². The third-order valence-corrected chi connectivity index (χ3v) is 2.92. The summed E-state index contributed by atoms with van der Waals surface area (Å²) >= 11 is 0. The van der Waals surface area contributed by atoms with E-state index in [0.29, 0.717) is 17.5 Å². The Morgan fingerprint density at radius 2 is 1.18 bits per heavy atom. The largest absolute Gasteiger partial charge is 0.434 e. The van der Waals surface area contributed by atoms with Crippen LogP contribution in [0.15, 0.2) is 60.7 Å². The van der Waals surface area contributed by atoms with Crippen molar-refractivity contribution in [2.45, 2.75) is 0 Å². The second kappa shape index (κ2) is 6.02. The Bertz CT molecular complexity index is 417. The topological polar surface area (TPSA) is 35.5 Å². The van der Waals surface area contributed by atoms with Gasteiger partial charge < -0.3 is 9.05 Å². The smallest absolute Gasteiger partial charge is 0.361 e. The van der Waals surface area contributed by atoms with Crippen LogP contribution in [0, 0.1) is 0 Å². The highest BCUT2D eigenvalue weighted by Gasteiger charge is 2.12. The van der Waals surface area contributed by atoms with Crippen molar-refractivity contribution in [3.05, 3.63) is 60.7 Å². The first-order valence-electron chi connectivity index (χ1n) is 5.09. The van der Waals surface area contributed by atoms with Crippen LogP contribution >= 0.6 is 8.38 Å². The summed E-state index contributed by atoms with van der Waals surface area (Å²) in [5.74, 6) is 1.25. The van der Waals surface area contributed by atoms with Gasteiger partial charge in [0.15, 0.2) is 0 Å². The molecule has 0 spiro atoms. The molecule has 3 nitrogen and oxygen atoms in total. The fourth-order valence-corrected chi connectivity index (χ4v) is 2.01. The van der Waals surface area contributed by atoms with Gasteiger partial charge in [0, 0.05) is 0 Å². The molecular formula is C13H11O3P. The monoisotopic (exact) mass is 246 g/mol. The first-order valence-corrected chi connectivity index (χ1v) is 6.34. The summed E-state index contributed by atoms with van der Waals surface area (Å²) in [6.45, 7) is 0. The maximum atomic E-state index is 10.9. The molecule has 0 aliphatic rings. The quantitative estimate of drug-likeness (QED) is 0.596. The lowest BCUT2D eigenvalue weighted by atomic mass is 10.3. The standard InChI is InChI=1S/C13H11O3P/c14-11-17(15-12-7-3-1-4-8-12)16-13-9-5-2-6-10-13/h1-11H. The van der Waals surface area contributed by atoms with Gasteiger partial charge in [-0.1, -0.05) is 36.4 Å². The third kappa shape index (κ3) is 3.58. The average molecular weight is 246 g/mol. The van der Waals surface area contributed by atoms with Gasteiger partial charge in [-0.25, -0.2) is 0 Å². The van der Waals surface area contributed by atoms with E-state index >= 15 is 0 Å². The molecular weight excluding hydrogens is 235 g/mol. The number of hydrogen-bond donors (Lipinski definition) is 0. The van der Waals surface area contributed by atoms with Crippen molar-refractivity contribution in [1.29, 1.82) is 0 Å². The van der Waals surface area contributed by atoms with Crippen LogP contribution in [0.1, 0.15) is 0 Å². The van der Waals surface area contributed by atoms with Gasteiger partial charge in [-0.3, -0.25) is 4.79 Å². The first kappa shape index (κ1) is 11.6. The third-order valence-electron chi connectivity index (χ3n) is 1.96. The Balaban J connectivity index is 2.01. The van der Waals surface area contributed by atoms with E-state index in [2.05, 4.69) is 0 Å². The second-order valence-corrected chi connectivity index (χ2v) is 4.35. The molecule has 0 aliphatic carbocycles. The maximum Gasteiger partial charge on any atom is 0.361 e. The second-order valence-electron chi connectivity index (χ2n) is 3.20. The molecule has 0 saturated carbocycles. The minimum Gasteiger partial charge on any atom is -0.434 e. The molecule has 0 amide bonds. The molecule has 2 aromatic rings. The molecule has 0 atom stereocenters. The number of carbonyl (C=O) groups excluding carboxylic acids is 1. The Kier molecular flexibility index (Phi) is 4.11. The highest BCUT2D eigenvalue weighted by molar-refractivity contribution is 7.64. The average Bonchev–Trinajstić information content (AvgIpc) is 2.40. The van der Waals surface area contributed by atoms with Gasteiger partial charge in [-0.15, -0.1) is 0 Å². The molecule has 4 heteroatoms. The van der Waals surface area contributed by atoms with Gasteiger partial charge in [-0.2, -0.15) is 0 Å². The molecule has 0 radical (unpaired) electrons. The van der Waals surface area contributed by atoms with E-state index in [0.717, 1.165) is 0 Å². The van der Waals surface area contributed by atoms with Crippen LogP contribution < -0.4 is 9.05 Å². The number of para-hydroxylation sites is 2. The highest BCUT2D eigenvalue weighted by Crippen LogP contribution is 2.37. The van der Waals surface area contributed by atoms with Crippen molar-refractivity contribution in [2.24, 2.45) is 0 Å². The van der Waals surface area contributed by atoms with E-state index in [-0.39, 0.29) is 0 Å². The highest BCUT2D eigenvalue weighted by atomic mass is 31.2. The van der Waals surface area contributed by atoms with Crippen molar-refractivity contribution >= 4 is 14.4 Å². The molecule has 17 heavy (non-hydrogen) atoms. The molecule has 0 fully saturated rings. The van der Waals surface area contributed by atoms with E-state index in [1.54, 1.807) is 24.3 Å². The van der Waals surface area contributed by atoms with Crippen LogP contribution in [0.4, 0.5) is 0 Å². The van der Waals surface area contributed by atoms with Gasteiger partial charge in [0.25, 0.3) is 0 Å². The van der Waals surface area contributed by atoms with Gasteiger partial charge in [0.2, 0.25) is 6.03 Å². The zero-order valence-electron chi connectivity index (χ0n) is 9.02. The minimum atomic E-state index is -1.59. The summed E-state index contributed by atoms with van der Waals surface area (Å²) in [5, 5.41) is 0. The van der Waals surface area contributed by atoms with Crippen molar-refractivity contribution in [1.82, 2.24) is 0 Å². The number of rotatable bonds is 5. The van der Waals surface area contributed by atoms with Crippen molar-refractivity contribution < 1.29 is 13.8 Å². The first-order chi connectivity index (χ1) is 8.38. The zero-order valence-corrected chi connectivity index (χ0v) is 9.92. The zero-order chi connectivity index (χ0) is 11.9. The van der Waals surface area contributed by atoms with Crippen LogP contribution in [-0.4, -0.2) is 6.03 Å². The van der Waals surface area contributed by atoms with Crippen LogP contribution in [0.2, 0.25) is 0 Å². The lowest BCUT2D eigenvalue weighted by Crippen LogP contribution is -1.96. The van der Waals surface area contributed by atoms with E-state index in [1.165, 1.54) is 0 Å². The molecule has 0 bridgehead atoms. The van der Waals surface area contributed by atoms with Crippen LogP contribution in [0.25, 0.3) is 0 Å². The summed E-state index contributed by atoms with van der Waals surface area (Å²) < 4.78 is 10.9. The SMILES string of the molecule is O=CP(Oc1ccccc1)Oc1ccccc1. The van der Waals surface area contributed by atoms with Crippen molar-refractivity contribution in [3.8, 4) is 11.5 Å². The van der Waals surface area contributed by atoms with Gasteiger partial charge in [0.1, 0.15) is 11.5 Å². The molecule has 0 aromatic heterocycles. The Labute approximate surface area is 101 Å². The van der Waals surface area contributed by atoms with Gasteiger partial charge in [0.05, 0.1) is 0 Å². The Morgan fingerprint density at radius 1 is 0.765 bits per heavy atom. The predicted octanol–water partition coefficient (Wildman–Crippen LogP) is 3.65. The number of carbonyl (C=O) groups is 1. The molecule has 0 saturated heterocycles. The summed E-state index contributed by atoms with van der Waals surface area (Å²) in [4.78, 5) is 10.9. The van der Waals surface area contributed by atoms with Gasteiger partial charge >= 0.3 is 8.38 Å². The van der Waals surface area contributed by atoms with Crippen LogP contribution in [-0.2, 0) is 4.79 Å². The molecule has 0 aliphatic heterocycles. The van der Waals surface area contributed by atoms with E-state index in [4.69, 9.17) is 9.05 Å².